The van der Waals surface area contributed by atoms with E-state index in [0.29, 0.717) is 18.4 Å². The van der Waals surface area contributed by atoms with Crippen molar-refractivity contribution < 1.29 is 0 Å². The zero-order valence-electron chi connectivity index (χ0n) is 11.7. The van der Waals surface area contributed by atoms with E-state index < -0.39 is 0 Å². The highest BCUT2D eigenvalue weighted by Gasteiger charge is 2.10. The summed E-state index contributed by atoms with van der Waals surface area (Å²) in [5.41, 5.74) is 1.74. The summed E-state index contributed by atoms with van der Waals surface area (Å²) >= 11 is 1.49. The Kier molecular flexibility index (Phi) is 4.01. The van der Waals surface area contributed by atoms with E-state index in [1.807, 2.05) is 48.7 Å². The highest BCUT2D eigenvalue weighted by molar-refractivity contribution is 7.98. The topological polar surface area (TPSA) is 47.8 Å². The molecule has 2 aromatic heterocycles. The summed E-state index contributed by atoms with van der Waals surface area (Å²) in [7, 11) is 0. The number of thioether (sulfide) groups is 1. The third kappa shape index (κ3) is 2.83. The Morgan fingerprint density at radius 1 is 1.14 bits per heavy atom. The Labute approximate surface area is 126 Å². The monoisotopic (exact) mass is 297 g/mol. The maximum Gasteiger partial charge on any atom is 0.262 e. The van der Waals surface area contributed by atoms with Crippen molar-refractivity contribution in [1.29, 1.82) is 0 Å². The molecule has 5 heteroatoms. The number of pyridine rings is 1. The number of rotatable bonds is 4. The Hall–Kier alpha value is -2.14. The quantitative estimate of drug-likeness (QED) is 0.549. The molecule has 0 atom stereocenters. The molecule has 0 amide bonds. The number of aryl methyl sites for hydroxylation is 1. The largest absolute Gasteiger partial charge is 0.287 e. The van der Waals surface area contributed by atoms with E-state index >= 15 is 0 Å². The summed E-state index contributed by atoms with van der Waals surface area (Å²) < 4.78 is 1.74. The Balaban J connectivity index is 2.01. The van der Waals surface area contributed by atoms with Gasteiger partial charge in [0, 0.05) is 24.9 Å². The number of para-hydroxylation sites is 1. The first kappa shape index (κ1) is 13.8. The number of aromatic nitrogens is 3. The van der Waals surface area contributed by atoms with Crippen LogP contribution in [0.15, 0.2) is 58.6 Å². The van der Waals surface area contributed by atoms with Gasteiger partial charge >= 0.3 is 0 Å². The van der Waals surface area contributed by atoms with Gasteiger partial charge in [0.2, 0.25) is 0 Å². The van der Waals surface area contributed by atoms with E-state index in [-0.39, 0.29) is 5.56 Å². The number of nitrogens with zero attached hydrogens (tertiary/aromatic N) is 3. The third-order valence-corrected chi connectivity index (χ3v) is 4.00. The highest BCUT2D eigenvalue weighted by Crippen LogP contribution is 2.15. The van der Waals surface area contributed by atoms with E-state index in [9.17, 15) is 4.79 Å². The van der Waals surface area contributed by atoms with Crippen LogP contribution in [0.1, 0.15) is 5.69 Å². The average Bonchev–Trinajstić information content (AvgIpc) is 2.55. The lowest BCUT2D eigenvalue weighted by Gasteiger charge is -2.11. The van der Waals surface area contributed by atoms with Gasteiger partial charge in [0.25, 0.3) is 5.56 Å². The summed E-state index contributed by atoms with van der Waals surface area (Å²) in [6.45, 7) is 0.587. The molecule has 0 saturated carbocycles. The standard InChI is InChI=1S/C16H15N3OS/c1-21-16-18-14-8-3-2-7-13(14)15(20)19(16)11-9-12-6-4-5-10-17-12/h2-8,10H,9,11H2,1H3. The van der Waals surface area contributed by atoms with Crippen LogP contribution in [0.5, 0.6) is 0 Å². The lowest BCUT2D eigenvalue weighted by Crippen LogP contribution is -2.24. The van der Waals surface area contributed by atoms with Crippen molar-refractivity contribution >= 4 is 22.7 Å². The van der Waals surface area contributed by atoms with Crippen molar-refractivity contribution in [1.82, 2.24) is 14.5 Å². The van der Waals surface area contributed by atoms with E-state index in [1.165, 1.54) is 11.8 Å². The van der Waals surface area contributed by atoms with E-state index in [0.717, 1.165) is 16.4 Å². The molecular formula is C16H15N3OS. The van der Waals surface area contributed by atoms with Crippen LogP contribution in [0.2, 0.25) is 0 Å². The molecule has 0 aliphatic carbocycles. The van der Waals surface area contributed by atoms with Crippen LogP contribution in [0.25, 0.3) is 10.9 Å². The summed E-state index contributed by atoms with van der Waals surface area (Å²) in [5.74, 6) is 0. The smallest absolute Gasteiger partial charge is 0.262 e. The van der Waals surface area contributed by atoms with Gasteiger partial charge in [0.15, 0.2) is 5.16 Å². The predicted molar refractivity (Wildman–Crippen MR) is 85.7 cm³/mol. The number of hydrogen-bond donors (Lipinski definition) is 0. The summed E-state index contributed by atoms with van der Waals surface area (Å²) in [4.78, 5) is 21.5. The molecule has 0 bridgehead atoms. The van der Waals surface area contributed by atoms with Crippen molar-refractivity contribution in [2.24, 2.45) is 0 Å². The summed E-state index contributed by atoms with van der Waals surface area (Å²) in [6.07, 6.45) is 4.42. The van der Waals surface area contributed by atoms with Crippen molar-refractivity contribution in [3.63, 3.8) is 0 Å². The highest BCUT2D eigenvalue weighted by atomic mass is 32.2. The van der Waals surface area contributed by atoms with Gasteiger partial charge in [0.1, 0.15) is 0 Å². The molecule has 0 aliphatic heterocycles. The maximum atomic E-state index is 12.6. The summed E-state index contributed by atoms with van der Waals surface area (Å²) in [5, 5.41) is 1.41. The van der Waals surface area contributed by atoms with Crippen molar-refractivity contribution in [2.75, 3.05) is 6.26 Å². The molecule has 0 saturated heterocycles. The van der Waals surface area contributed by atoms with Crippen molar-refractivity contribution in [2.45, 2.75) is 18.1 Å². The number of benzene rings is 1. The van der Waals surface area contributed by atoms with Gasteiger partial charge in [-0.25, -0.2) is 4.98 Å². The Morgan fingerprint density at radius 2 is 1.95 bits per heavy atom. The molecule has 0 aliphatic rings. The molecule has 0 fully saturated rings. The van der Waals surface area contributed by atoms with Crippen LogP contribution < -0.4 is 5.56 Å². The van der Waals surface area contributed by atoms with Gasteiger partial charge in [-0.3, -0.25) is 14.3 Å². The third-order valence-electron chi connectivity index (χ3n) is 3.33. The molecule has 3 aromatic rings. The van der Waals surface area contributed by atoms with Crippen LogP contribution in [-0.4, -0.2) is 20.8 Å². The van der Waals surface area contributed by atoms with Gasteiger partial charge in [-0.05, 0) is 30.5 Å². The first-order chi connectivity index (χ1) is 10.3. The molecule has 2 heterocycles. The minimum Gasteiger partial charge on any atom is -0.287 e. The van der Waals surface area contributed by atoms with Crippen LogP contribution in [0.3, 0.4) is 0 Å². The first-order valence-electron chi connectivity index (χ1n) is 6.73. The maximum absolute atomic E-state index is 12.6. The lowest BCUT2D eigenvalue weighted by molar-refractivity contribution is 0.590. The van der Waals surface area contributed by atoms with Gasteiger partial charge in [-0.15, -0.1) is 0 Å². The first-order valence-corrected chi connectivity index (χ1v) is 7.95. The predicted octanol–water partition coefficient (Wildman–Crippen LogP) is 2.76. The van der Waals surface area contributed by atoms with E-state index in [2.05, 4.69) is 9.97 Å². The zero-order valence-corrected chi connectivity index (χ0v) is 12.5. The van der Waals surface area contributed by atoms with Crippen LogP contribution >= 0.6 is 11.8 Å². The van der Waals surface area contributed by atoms with Crippen molar-refractivity contribution in [3.8, 4) is 0 Å². The minimum absolute atomic E-state index is 0.0147. The van der Waals surface area contributed by atoms with Gasteiger partial charge in [-0.1, -0.05) is 30.0 Å². The molecule has 0 radical (unpaired) electrons. The SMILES string of the molecule is CSc1nc2ccccc2c(=O)n1CCc1ccccn1. The molecule has 106 valence electrons. The molecule has 3 rings (SSSR count). The molecule has 21 heavy (non-hydrogen) atoms. The van der Waals surface area contributed by atoms with E-state index in [1.54, 1.807) is 10.8 Å². The number of fused-ring (bicyclic) bond motifs is 1. The minimum atomic E-state index is 0.0147. The lowest BCUT2D eigenvalue weighted by atomic mass is 10.2. The Bertz CT molecular complexity index is 815. The molecular weight excluding hydrogens is 282 g/mol. The molecule has 0 unspecified atom stereocenters. The van der Waals surface area contributed by atoms with Gasteiger partial charge in [-0.2, -0.15) is 0 Å². The van der Waals surface area contributed by atoms with Crippen LogP contribution in [0, 0.1) is 0 Å². The molecule has 0 N–H and O–H groups in total. The summed E-state index contributed by atoms with van der Waals surface area (Å²) in [6, 6.07) is 13.3. The molecule has 0 spiro atoms. The fraction of sp³-hybridized carbons (Fsp3) is 0.188. The fourth-order valence-electron chi connectivity index (χ4n) is 2.27. The Morgan fingerprint density at radius 3 is 2.71 bits per heavy atom. The van der Waals surface area contributed by atoms with Crippen LogP contribution in [-0.2, 0) is 13.0 Å². The van der Waals surface area contributed by atoms with Crippen molar-refractivity contribution in [3.05, 3.63) is 64.7 Å². The number of hydrogen-bond acceptors (Lipinski definition) is 4. The zero-order chi connectivity index (χ0) is 14.7. The fourth-order valence-corrected chi connectivity index (χ4v) is 2.86. The second-order valence-electron chi connectivity index (χ2n) is 4.64. The average molecular weight is 297 g/mol. The van der Waals surface area contributed by atoms with Gasteiger partial charge < -0.3 is 0 Å². The molecule has 1 aromatic carbocycles. The normalized spacial score (nSPS) is 10.9. The van der Waals surface area contributed by atoms with Crippen LogP contribution in [0.4, 0.5) is 0 Å². The second kappa shape index (κ2) is 6.10. The second-order valence-corrected chi connectivity index (χ2v) is 5.42. The molecule has 4 nitrogen and oxygen atoms in total. The van der Waals surface area contributed by atoms with Gasteiger partial charge in [0.05, 0.1) is 10.9 Å². The van der Waals surface area contributed by atoms with E-state index in [4.69, 9.17) is 0 Å².